The van der Waals surface area contributed by atoms with E-state index in [2.05, 4.69) is 17.5 Å². The summed E-state index contributed by atoms with van der Waals surface area (Å²) in [5, 5.41) is 3.16. The zero-order chi connectivity index (χ0) is 11.8. The second kappa shape index (κ2) is 7.44. The molecule has 0 amide bonds. The van der Waals surface area contributed by atoms with E-state index in [1.807, 2.05) is 13.8 Å². The fraction of sp³-hybridized carbons (Fsp3) is 0.769. The average molecular weight is 225 g/mol. The molecule has 1 aliphatic heterocycles. The predicted molar refractivity (Wildman–Crippen MR) is 65.1 cm³/mol. The Bertz CT molecular complexity index is 234. The van der Waals surface area contributed by atoms with Crippen LogP contribution < -0.4 is 5.32 Å². The van der Waals surface area contributed by atoms with Crippen LogP contribution in [-0.4, -0.2) is 25.7 Å². The molecule has 1 heterocycles. The molecule has 3 nitrogen and oxygen atoms in total. The standard InChI is InChI=1S/C11H17NO2.C2H6/c13-11(10-4-2-1-3-5-10)14-8-9-6-12-7-9;1-2/h1-2,9-10,12H,3-8H2;1-2H3. The summed E-state index contributed by atoms with van der Waals surface area (Å²) in [6, 6.07) is 0. The molecule has 0 bridgehead atoms. The molecule has 3 heteroatoms. The van der Waals surface area contributed by atoms with E-state index in [1.165, 1.54) is 0 Å². The van der Waals surface area contributed by atoms with Crippen molar-refractivity contribution in [1.29, 1.82) is 0 Å². The molecule has 0 aromatic rings. The number of rotatable bonds is 3. The summed E-state index contributed by atoms with van der Waals surface area (Å²) in [5.74, 6) is 0.673. The molecule has 0 aromatic heterocycles. The van der Waals surface area contributed by atoms with Crippen LogP contribution in [0.1, 0.15) is 33.1 Å². The Kier molecular flexibility index (Phi) is 6.16. The highest BCUT2D eigenvalue weighted by molar-refractivity contribution is 5.72. The summed E-state index contributed by atoms with van der Waals surface area (Å²) in [6.45, 7) is 6.60. The number of carbonyl (C=O) groups excluding carboxylic acids is 1. The van der Waals surface area contributed by atoms with E-state index < -0.39 is 0 Å². The summed E-state index contributed by atoms with van der Waals surface area (Å²) in [7, 11) is 0. The maximum atomic E-state index is 11.6. The van der Waals surface area contributed by atoms with Crippen molar-refractivity contribution >= 4 is 5.97 Å². The first-order chi connectivity index (χ1) is 7.86. The molecule has 1 saturated heterocycles. The second-order valence-corrected chi connectivity index (χ2v) is 4.14. The van der Waals surface area contributed by atoms with Gasteiger partial charge in [-0.25, -0.2) is 0 Å². The van der Waals surface area contributed by atoms with Gasteiger partial charge in [-0.1, -0.05) is 26.0 Å². The summed E-state index contributed by atoms with van der Waals surface area (Å²) < 4.78 is 5.27. The Labute approximate surface area is 98.2 Å². The van der Waals surface area contributed by atoms with Crippen molar-refractivity contribution in [3.63, 3.8) is 0 Å². The molecule has 1 unspecified atom stereocenters. The van der Waals surface area contributed by atoms with Gasteiger partial charge < -0.3 is 10.1 Å². The molecule has 0 saturated carbocycles. The Hall–Kier alpha value is -0.830. The molecule has 1 aliphatic carbocycles. The van der Waals surface area contributed by atoms with Crippen LogP contribution in [0.2, 0.25) is 0 Å². The van der Waals surface area contributed by atoms with Crippen molar-refractivity contribution in [3.05, 3.63) is 12.2 Å². The maximum absolute atomic E-state index is 11.6. The van der Waals surface area contributed by atoms with Crippen LogP contribution in [0.3, 0.4) is 0 Å². The lowest BCUT2D eigenvalue weighted by molar-refractivity contribution is -0.150. The van der Waals surface area contributed by atoms with Crippen molar-refractivity contribution in [1.82, 2.24) is 5.32 Å². The van der Waals surface area contributed by atoms with E-state index in [4.69, 9.17) is 4.74 Å². The molecule has 1 N–H and O–H groups in total. The number of hydrogen-bond donors (Lipinski definition) is 1. The lowest BCUT2D eigenvalue weighted by atomic mass is 9.94. The summed E-state index contributed by atoms with van der Waals surface area (Å²) >= 11 is 0. The average Bonchev–Trinajstić information content (AvgIpc) is 2.31. The van der Waals surface area contributed by atoms with E-state index >= 15 is 0 Å². The van der Waals surface area contributed by atoms with Crippen molar-refractivity contribution in [2.75, 3.05) is 19.7 Å². The van der Waals surface area contributed by atoms with Crippen LogP contribution in [0.15, 0.2) is 12.2 Å². The number of ether oxygens (including phenoxy) is 1. The Morgan fingerprint density at radius 3 is 2.62 bits per heavy atom. The number of nitrogens with one attached hydrogen (secondary N) is 1. The molecule has 2 aliphatic rings. The molecule has 2 rings (SSSR count). The van der Waals surface area contributed by atoms with E-state index in [0.717, 1.165) is 32.4 Å². The highest BCUT2D eigenvalue weighted by atomic mass is 16.5. The quantitative estimate of drug-likeness (QED) is 0.590. The third-order valence-electron chi connectivity index (χ3n) is 2.93. The molecule has 92 valence electrons. The minimum atomic E-state index is 0.00116. The van der Waals surface area contributed by atoms with E-state index in [1.54, 1.807) is 0 Å². The fourth-order valence-corrected chi connectivity index (χ4v) is 1.79. The second-order valence-electron chi connectivity index (χ2n) is 4.14. The Morgan fingerprint density at radius 2 is 2.12 bits per heavy atom. The zero-order valence-corrected chi connectivity index (χ0v) is 10.4. The Balaban J connectivity index is 0.000000606. The third-order valence-corrected chi connectivity index (χ3v) is 2.93. The molecule has 1 fully saturated rings. The normalized spacial score (nSPS) is 24.0. The van der Waals surface area contributed by atoms with Gasteiger partial charge in [0.1, 0.15) is 0 Å². The topological polar surface area (TPSA) is 38.3 Å². The Morgan fingerprint density at radius 1 is 1.38 bits per heavy atom. The molecular formula is C13H23NO2. The molecule has 16 heavy (non-hydrogen) atoms. The first-order valence-corrected chi connectivity index (χ1v) is 6.38. The third kappa shape index (κ3) is 3.97. The molecule has 0 radical (unpaired) electrons. The summed E-state index contributed by atoms with van der Waals surface area (Å²) in [6.07, 6.45) is 7.06. The van der Waals surface area contributed by atoms with Gasteiger partial charge in [0.15, 0.2) is 0 Å². The maximum Gasteiger partial charge on any atom is 0.309 e. The van der Waals surface area contributed by atoms with E-state index in [0.29, 0.717) is 12.5 Å². The van der Waals surface area contributed by atoms with Crippen LogP contribution in [0.5, 0.6) is 0 Å². The minimum absolute atomic E-state index is 0.00116. The molecule has 0 spiro atoms. The van der Waals surface area contributed by atoms with Crippen LogP contribution in [0.25, 0.3) is 0 Å². The van der Waals surface area contributed by atoms with Gasteiger partial charge in [-0.15, -0.1) is 0 Å². The zero-order valence-electron chi connectivity index (χ0n) is 10.4. The molecular weight excluding hydrogens is 202 g/mol. The van der Waals surface area contributed by atoms with Crippen LogP contribution in [-0.2, 0) is 9.53 Å². The lowest BCUT2D eigenvalue weighted by Gasteiger charge is -2.27. The fourth-order valence-electron chi connectivity index (χ4n) is 1.79. The number of carbonyl (C=O) groups is 1. The monoisotopic (exact) mass is 225 g/mol. The highest BCUT2D eigenvalue weighted by Crippen LogP contribution is 2.19. The van der Waals surface area contributed by atoms with Gasteiger partial charge in [-0.2, -0.15) is 0 Å². The number of allylic oxidation sites excluding steroid dienone is 2. The number of esters is 1. The van der Waals surface area contributed by atoms with Crippen molar-refractivity contribution in [3.8, 4) is 0 Å². The van der Waals surface area contributed by atoms with Crippen LogP contribution in [0, 0.1) is 11.8 Å². The highest BCUT2D eigenvalue weighted by Gasteiger charge is 2.23. The predicted octanol–water partition coefficient (Wildman–Crippen LogP) is 2.13. The van der Waals surface area contributed by atoms with E-state index in [-0.39, 0.29) is 11.9 Å². The van der Waals surface area contributed by atoms with Gasteiger partial charge in [0.25, 0.3) is 0 Å². The molecule has 1 atom stereocenters. The van der Waals surface area contributed by atoms with Gasteiger partial charge in [0, 0.05) is 19.0 Å². The first kappa shape index (κ1) is 13.2. The van der Waals surface area contributed by atoms with Crippen LogP contribution >= 0.6 is 0 Å². The largest absolute Gasteiger partial charge is 0.465 e. The smallest absolute Gasteiger partial charge is 0.309 e. The lowest BCUT2D eigenvalue weighted by Crippen LogP contribution is -2.45. The summed E-state index contributed by atoms with van der Waals surface area (Å²) in [4.78, 5) is 11.6. The van der Waals surface area contributed by atoms with Gasteiger partial charge >= 0.3 is 5.97 Å². The van der Waals surface area contributed by atoms with E-state index in [9.17, 15) is 4.79 Å². The number of hydrogen-bond acceptors (Lipinski definition) is 3. The van der Waals surface area contributed by atoms with Crippen LogP contribution in [0.4, 0.5) is 0 Å². The summed E-state index contributed by atoms with van der Waals surface area (Å²) in [5.41, 5.74) is 0. The van der Waals surface area contributed by atoms with Crippen molar-refractivity contribution in [2.24, 2.45) is 11.8 Å². The molecule has 0 aromatic carbocycles. The van der Waals surface area contributed by atoms with Gasteiger partial charge in [-0.05, 0) is 19.3 Å². The first-order valence-electron chi connectivity index (χ1n) is 6.38. The van der Waals surface area contributed by atoms with Crippen molar-refractivity contribution in [2.45, 2.75) is 33.1 Å². The van der Waals surface area contributed by atoms with Gasteiger partial charge in [0.2, 0.25) is 0 Å². The SMILES string of the molecule is CC.O=C(OCC1CNC1)C1CC=CCC1. The minimum Gasteiger partial charge on any atom is -0.465 e. The van der Waals surface area contributed by atoms with Crippen molar-refractivity contribution < 1.29 is 9.53 Å². The van der Waals surface area contributed by atoms with Gasteiger partial charge in [0.05, 0.1) is 12.5 Å². The van der Waals surface area contributed by atoms with Gasteiger partial charge in [-0.3, -0.25) is 4.79 Å².